The lowest BCUT2D eigenvalue weighted by molar-refractivity contribution is -0.127. The van der Waals surface area contributed by atoms with E-state index in [0.717, 1.165) is 0 Å². The Morgan fingerprint density at radius 2 is 1.72 bits per heavy atom. The van der Waals surface area contributed by atoms with Crippen LogP contribution in [-0.4, -0.2) is 33.1 Å². The lowest BCUT2D eigenvalue weighted by Gasteiger charge is -2.14. The molecule has 0 fully saturated rings. The molecule has 2 rings (SSSR count). The number of nitrogens with one attached hydrogen (secondary N) is 2. The normalized spacial score (nSPS) is 10.0. The molecule has 25 heavy (non-hydrogen) atoms. The van der Waals surface area contributed by atoms with Crippen LogP contribution in [0.4, 0.5) is 5.69 Å². The summed E-state index contributed by atoms with van der Waals surface area (Å²) in [7, 11) is 4.44. The van der Waals surface area contributed by atoms with Gasteiger partial charge in [0, 0.05) is 17.8 Å². The number of benzene rings is 1. The van der Waals surface area contributed by atoms with Gasteiger partial charge in [0.05, 0.1) is 34.1 Å². The second-order valence-corrected chi connectivity index (χ2v) is 5.00. The van der Waals surface area contributed by atoms with Crippen LogP contribution >= 0.6 is 0 Å². The Balaban J connectivity index is 1.96. The molecule has 2 aromatic rings. The summed E-state index contributed by atoms with van der Waals surface area (Å²) >= 11 is 0. The van der Waals surface area contributed by atoms with E-state index in [1.807, 2.05) is 0 Å². The topological polar surface area (TPSA) is 99.0 Å². The highest BCUT2D eigenvalue weighted by Crippen LogP contribution is 2.39. The van der Waals surface area contributed by atoms with Crippen molar-refractivity contribution in [1.29, 1.82) is 0 Å². The van der Waals surface area contributed by atoms with Gasteiger partial charge >= 0.3 is 0 Å². The van der Waals surface area contributed by atoms with Gasteiger partial charge in [0.15, 0.2) is 11.5 Å². The van der Waals surface area contributed by atoms with Crippen molar-refractivity contribution >= 4 is 17.5 Å². The molecule has 0 aliphatic carbocycles. The smallest absolute Gasteiger partial charge is 0.233 e. The van der Waals surface area contributed by atoms with E-state index >= 15 is 0 Å². The minimum Gasteiger partial charge on any atom is -0.493 e. The average Bonchev–Trinajstić information content (AvgIpc) is 3.12. The molecule has 1 heterocycles. The van der Waals surface area contributed by atoms with Gasteiger partial charge in [0.1, 0.15) is 12.2 Å². The van der Waals surface area contributed by atoms with Crippen molar-refractivity contribution in [1.82, 2.24) is 5.32 Å². The molecule has 0 atom stereocenters. The first-order valence-electron chi connectivity index (χ1n) is 7.46. The first kappa shape index (κ1) is 18.2. The minimum absolute atomic E-state index is 0.225. The fourth-order valence-corrected chi connectivity index (χ4v) is 2.17. The summed E-state index contributed by atoms with van der Waals surface area (Å²) in [6, 6.07) is 6.62. The van der Waals surface area contributed by atoms with Crippen LogP contribution in [0.5, 0.6) is 17.2 Å². The Bertz CT molecular complexity index is 702. The van der Waals surface area contributed by atoms with Crippen LogP contribution in [0.2, 0.25) is 0 Å². The van der Waals surface area contributed by atoms with E-state index in [-0.39, 0.29) is 13.0 Å². The monoisotopic (exact) mass is 348 g/mol. The number of anilines is 1. The average molecular weight is 348 g/mol. The van der Waals surface area contributed by atoms with E-state index in [9.17, 15) is 9.59 Å². The number of amides is 2. The fraction of sp³-hybridized carbons (Fsp3) is 0.294. The second-order valence-electron chi connectivity index (χ2n) is 5.00. The van der Waals surface area contributed by atoms with Gasteiger partial charge in [-0.15, -0.1) is 0 Å². The van der Waals surface area contributed by atoms with Gasteiger partial charge < -0.3 is 29.3 Å². The third-order valence-corrected chi connectivity index (χ3v) is 3.31. The first-order valence-corrected chi connectivity index (χ1v) is 7.46. The number of rotatable bonds is 8. The molecule has 0 radical (unpaired) electrons. The number of ether oxygens (including phenoxy) is 3. The van der Waals surface area contributed by atoms with E-state index in [0.29, 0.717) is 28.7 Å². The third-order valence-electron chi connectivity index (χ3n) is 3.31. The van der Waals surface area contributed by atoms with Gasteiger partial charge in [-0.05, 0) is 12.1 Å². The molecule has 0 saturated carbocycles. The zero-order valence-electron chi connectivity index (χ0n) is 14.3. The van der Waals surface area contributed by atoms with Crippen molar-refractivity contribution in [2.45, 2.75) is 13.0 Å². The molecule has 1 aromatic heterocycles. The van der Waals surface area contributed by atoms with E-state index in [2.05, 4.69) is 10.6 Å². The quantitative estimate of drug-likeness (QED) is 0.708. The predicted octanol–water partition coefficient (Wildman–Crippen LogP) is 1.95. The molecule has 0 unspecified atom stereocenters. The van der Waals surface area contributed by atoms with Gasteiger partial charge in [-0.25, -0.2) is 0 Å². The largest absolute Gasteiger partial charge is 0.493 e. The highest BCUT2D eigenvalue weighted by atomic mass is 16.5. The molecule has 0 saturated heterocycles. The molecule has 0 spiro atoms. The number of carbonyl (C=O) groups excluding carboxylic acids is 2. The maximum Gasteiger partial charge on any atom is 0.233 e. The van der Waals surface area contributed by atoms with Crippen LogP contribution in [0.25, 0.3) is 0 Å². The summed E-state index contributed by atoms with van der Waals surface area (Å²) in [5, 5.41) is 5.23. The van der Waals surface area contributed by atoms with Crippen molar-refractivity contribution in [2.75, 3.05) is 26.6 Å². The van der Waals surface area contributed by atoms with E-state index in [4.69, 9.17) is 18.6 Å². The molecular weight excluding hydrogens is 328 g/mol. The van der Waals surface area contributed by atoms with Crippen LogP contribution in [0, 0.1) is 0 Å². The van der Waals surface area contributed by atoms with Crippen LogP contribution in [0.15, 0.2) is 34.9 Å². The van der Waals surface area contributed by atoms with Gasteiger partial charge in [-0.1, -0.05) is 0 Å². The fourth-order valence-electron chi connectivity index (χ4n) is 2.17. The minimum atomic E-state index is -0.466. The molecule has 134 valence electrons. The summed E-state index contributed by atoms with van der Waals surface area (Å²) in [6.45, 7) is 0.225. The van der Waals surface area contributed by atoms with Gasteiger partial charge in [0.2, 0.25) is 17.6 Å². The lowest BCUT2D eigenvalue weighted by Crippen LogP contribution is -2.27. The SMILES string of the molecule is COc1cc(NC(=O)CC(=O)NCc2ccco2)cc(OC)c1OC. The van der Waals surface area contributed by atoms with Crippen molar-refractivity contribution < 1.29 is 28.2 Å². The molecule has 8 nitrogen and oxygen atoms in total. The molecule has 2 N–H and O–H groups in total. The molecule has 8 heteroatoms. The first-order chi connectivity index (χ1) is 12.1. The Morgan fingerprint density at radius 3 is 2.24 bits per heavy atom. The molecular formula is C17H20N2O6. The summed E-state index contributed by atoms with van der Waals surface area (Å²) in [5.74, 6) is 0.948. The third kappa shape index (κ3) is 4.90. The Kier molecular flexibility index (Phi) is 6.27. The zero-order valence-corrected chi connectivity index (χ0v) is 14.3. The lowest BCUT2D eigenvalue weighted by atomic mass is 10.2. The second kappa shape index (κ2) is 8.62. The van der Waals surface area contributed by atoms with Gasteiger partial charge in [-0.3, -0.25) is 9.59 Å². The summed E-state index contributed by atoms with van der Waals surface area (Å²) in [6.07, 6.45) is 1.19. The van der Waals surface area contributed by atoms with E-state index in [1.165, 1.54) is 27.6 Å². The van der Waals surface area contributed by atoms with Crippen LogP contribution in [0.3, 0.4) is 0 Å². The van der Waals surface area contributed by atoms with Crippen molar-refractivity contribution in [3.8, 4) is 17.2 Å². The zero-order chi connectivity index (χ0) is 18.2. The van der Waals surface area contributed by atoms with E-state index in [1.54, 1.807) is 24.3 Å². The molecule has 0 bridgehead atoms. The Hall–Kier alpha value is -3.16. The maximum absolute atomic E-state index is 12.0. The Morgan fingerprint density at radius 1 is 1.04 bits per heavy atom. The van der Waals surface area contributed by atoms with Gasteiger partial charge in [-0.2, -0.15) is 0 Å². The number of carbonyl (C=O) groups is 2. The van der Waals surface area contributed by atoms with Gasteiger partial charge in [0.25, 0.3) is 0 Å². The van der Waals surface area contributed by atoms with Crippen molar-refractivity contribution in [3.05, 3.63) is 36.3 Å². The molecule has 0 aliphatic heterocycles. The predicted molar refractivity (Wildman–Crippen MR) is 89.9 cm³/mol. The van der Waals surface area contributed by atoms with E-state index < -0.39 is 11.8 Å². The summed E-state index contributed by atoms with van der Waals surface area (Å²) < 4.78 is 20.7. The van der Waals surface area contributed by atoms with Crippen LogP contribution < -0.4 is 24.8 Å². The number of hydrogen-bond acceptors (Lipinski definition) is 6. The number of furan rings is 1. The maximum atomic E-state index is 12.0. The van der Waals surface area contributed by atoms with Crippen LogP contribution in [0.1, 0.15) is 12.2 Å². The molecule has 2 amide bonds. The summed E-state index contributed by atoms with van der Waals surface area (Å²) in [4.78, 5) is 23.8. The standard InChI is InChI=1S/C17H20N2O6/c1-22-13-7-11(8-14(23-2)17(13)24-3)19-16(21)9-15(20)18-10-12-5-4-6-25-12/h4-8H,9-10H2,1-3H3,(H,18,20)(H,19,21). The molecule has 0 aliphatic rings. The van der Waals surface area contributed by atoms with Crippen molar-refractivity contribution in [2.24, 2.45) is 0 Å². The highest BCUT2D eigenvalue weighted by molar-refractivity contribution is 6.03. The highest BCUT2D eigenvalue weighted by Gasteiger charge is 2.16. The summed E-state index contributed by atoms with van der Waals surface area (Å²) in [5.41, 5.74) is 0.429. The number of hydrogen-bond donors (Lipinski definition) is 2. The Labute approximate surface area is 145 Å². The molecule has 1 aromatic carbocycles. The number of methoxy groups -OCH3 is 3. The van der Waals surface area contributed by atoms with Crippen molar-refractivity contribution in [3.63, 3.8) is 0 Å². The van der Waals surface area contributed by atoms with Crippen LogP contribution in [-0.2, 0) is 16.1 Å².